The van der Waals surface area contributed by atoms with E-state index >= 15 is 0 Å². The van der Waals surface area contributed by atoms with Gasteiger partial charge in [0, 0.05) is 30.6 Å². The summed E-state index contributed by atoms with van der Waals surface area (Å²) in [5.74, 6) is 0.726. The zero-order chi connectivity index (χ0) is 29.8. The Balaban J connectivity index is 1.31. The van der Waals surface area contributed by atoms with Gasteiger partial charge in [-0.05, 0) is 105 Å². The minimum absolute atomic E-state index is 0.0429. The Morgan fingerprint density at radius 2 is 1.95 bits per heavy atom. The smallest absolute Gasteiger partial charge is 0.265 e. The Labute approximate surface area is 258 Å². The second kappa shape index (κ2) is 11.1. The van der Waals surface area contributed by atoms with Crippen molar-refractivity contribution in [2.24, 2.45) is 11.8 Å². The van der Waals surface area contributed by atoms with Crippen LogP contribution in [-0.2, 0) is 36.1 Å². The molecule has 0 radical (unpaired) electrons. The third-order valence-corrected chi connectivity index (χ3v) is 12.1. The maximum Gasteiger partial charge on any atom is 0.265 e. The average molecular weight is 627 g/mol. The number of hydrogen-bond donors (Lipinski definition) is 1. The number of anilines is 1. The van der Waals surface area contributed by atoms with Gasteiger partial charge in [0.05, 0.1) is 29.9 Å². The largest absolute Gasteiger partial charge is 0.490 e. The van der Waals surface area contributed by atoms with Crippen LogP contribution in [0.3, 0.4) is 0 Å². The lowest BCUT2D eigenvalue weighted by Gasteiger charge is -2.46. The molecule has 7 rings (SSSR count). The molecule has 2 spiro atoms. The number of methoxy groups -OCH3 is 1. The Kier molecular flexibility index (Phi) is 7.51. The Morgan fingerprint density at radius 3 is 2.70 bits per heavy atom. The highest BCUT2D eigenvalue weighted by Gasteiger charge is 2.48. The van der Waals surface area contributed by atoms with Gasteiger partial charge in [-0.3, -0.25) is 4.79 Å². The molecular formula is C33H39ClN2O6S. The highest BCUT2D eigenvalue weighted by Crippen LogP contribution is 2.47. The molecule has 2 aromatic carbocycles. The molecule has 2 aliphatic heterocycles. The van der Waals surface area contributed by atoms with Crippen LogP contribution in [0.15, 0.2) is 53.4 Å². The first kappa shape index (κ1) is 29.1. The van der Waals surface area contributed by atoms with E-state index in [-0.39, 0.29) is 23.0 Å². The van der Waals surface area contributed by atoms with Gasteiger partial charge in [-0.1, -0.05) is 29.8 Å². The van der Waals surface area contributed by atoms with E-state index in [0.717, 1.165) is 55.8 Å². The SMILES string of the molecule is CO[C@@H]1/C=C/COC2(CCC2)C(=O)NS(=O)(=O)c2ccc3c(c2)N(C[C@@H]2CC[C@H]21)C[C@@]1(CCCc2cc(Cl)ccc21)CO3. The van der Waals surface area contributed by atoms with E-state index in [9.17, 15) is 13.2 Å². The van der Waals surface area contributed by atoms with Gasteiger partial charge in [0.1, 0.15) is 11.4 Å². The monoisotopic (exact) mass is 626 g/mol. The Bertz CT molecular complexity index is 1560. The number of carbonyl (C=O) groups excluding carboxylic acids is 1. The first-order valence-electron chi connectivity index (χ1n) is 15.4. The van der Waals surface area contributed by atoms with Gasteiger partial charge in [0.15, 0.2) is 0 Å². The summed E-state index contributed by atoms with van der Waals surface area (Å²) in [5.41, 5.74) is 1.86. The number of carbonyl (C=O) groups is 1. The lowest BCUT2D eigenvalue weighted by molar-refractivity contribution is -0.155. The molecule has 43 heavy (non-hydrogen) atoms. The van der Waals surface area contributed by atoms with E-state index < -0.39 is 21.5 Å². The maximum atomic E-state index is 13.6. The molecule has 2 saturated carbocycles. The van der Waals surface area contributed by atoms with Crippen molar-refractivity contribution in [3.63, 3.8) is 0 Å². The summed E-state index contributed by atoms with van der Waals surface area (Å²) in [4.78, 5) is 15.7. The summed E-state index contributed by atoms with van der Waals surface area (Å²) >= 11 is 6.41. The van der Waals surface area contributed by atoms with E-state index in [1.165, 1.54) is 17.2 Å². The second-order valence-corrected chi connectivity index (χ2v) is 15.1. The number of fused-ring (bicyclic) bond motifs is 4. The van der Waals surface area contributed by atoms with E-state index in [0.29, 0.717) is 43.6 Å². The van der Waals surface area contributed by atoms with Crippen LogP contribution in [0.1, 0.15) is 56.1 Å². The maximum absolute atomic E-state index is 13.6. The number of ether oxygens (including phenoxy) is 3. The number of benzene rings is 2. The molecule has 4 atom stereocenters. The molecule has 0 saturated heterocycles. The van der Waals surface area contributed by atoms with E-state index in [1.54, 1.807) is 19.2 Å². The first-order chi connectivity index (χ1) is 20.7. The molecule has 5 aliphatic rings. The highest BCUT2D eigenvalue weighted by atomic mass is 35.5. The van der Waals surface area contributed by atoms with Crippen LogP contribution in [0.4, 0.5) is 5.69 Å². The van der Waals surface area contributed by atoms with Crippen LogP contribution in [0.2, 0.25) is 5.02 Å². The topological polar surface area (TPSA) is 94.2 Å². The van der Waals surface area contributed by atoms with Crippen molar-refractivity contribution in [3.8, 4) is 5.75 Å². The quantitative estimate of drug-likeness (QED) is 0.437. The molecular weight excluding hydrogens is 588 g/mol. The molecule has 1 amide bonds. The van der Waals surface area contributed by atoms with Gasteiger partial charge >= 0.3 is 0 Å². The molecule has 3 aliphatic carbocycles. The molecule has 0 aromatic heterocycles. The van der Waals surface area contributed by atoms with E-state index in [1.807, 2.05) is 18.2 Å². The summed E-state index contributed by atoms with van der Waals surface area (Å²) in [7, 11) is -2.40. The summed E-state index contributed by atoms with van der Waals surface area (Å²) in [6.45, 7) is 2.15. The fourth-order valence-electron chi connectivity index (χ4n) is 7.80. The van der Waals surface area contributed by atoms with Crippen molar-refractivity contribution in [1.82, 2.24) is 4.72 Å². The predicted molar refractivity (Wildman–Crippen MR) is 164 cm³/mol. The van der Waals surface area contributed by atoms with Gasteiger partial charge in [-0.25, -0.2) is 13.1 Å². The molecule has 8 nitrogen and oxygen atoms in total. The molecule has 1 N–H and O–H groups in total. The molecule has 2 heterocycles. The van der Waals surface area contributed by atoms with Crippen molar-refractivity contribution in [2.45, 2.75) is 73.4 Å². The third-order valence-electron chi connectivity index (χ3n) is 10.5. The van der Waals surface area contributed by atoms with Crippen LogP contribution in [0, 0.1) is 11.8 Å². The summed E-state index contributed by atoms with van der Waals surface area (Å²) < 4.78 is 48.1. The number of aryl methyl sites for hydroxylation is 1. The fourth-order valence-corrected chi connectivity index (χ4v) is 9.06. The van der Waals surface area contributed by atoms with Gasteiger partial charge in [-0.15, -0.1) is 0 Å². The normalized spacial score (nSPS) is 31.8. The minimum atomic E-state index is -4.14. The predicted octanol–water partition coefficient (Wildman–Crippen LogP) is 5.17. The molecule has 2 aromatic rings. The molecule has 0 unspecified atom stereocenters. The van der Waals surface area contributed by atoms with Crippen LogP contribution in [-0.4, -0.2) is 59.4 Å². The number of sulfonamides is 1. The summed E-state index contributed by atoms with van der Waals surface area (Å²) in [6, 6.07) is 11.1. The third kappa shape index (κ3) is 5.16. The molecule has 10 heteroatoms. The number of hydrogen-bond acceptors (Lipinski definition) is 7. The van der Waals surface area contributed by atoms with Gasteiger partial charge in [0.25, 0.3) is 15.9 Å². The van der Waals surface area contributed by atoms with Gasteiger partial charge in [0.2, 0.25) is 0 Å². The minimum Gasteiger partial charge on any atom is -0.490 e. The van der Waals surface area contributed by atoms with Crippen molar-refractivity contribution < 1.29 is 27.4 Å². The van der Waals surface area contributed by atoms with Gasteiger partial charge in [-0.2, -0.15) is 0 Å². The average Bonchev–Trinajstić information content (AvgIpc) is 3.09. The number of halogens is 1. The van der Waals surface area contributed by atoms with Crippen LogP contribution < -0.4 is 14.4 Å². The first-order valence-corrected chi connectivity index (χ1v) is 17.3. The zero-order valence-corrected chi connectivity index (χ0v) is 26.1. The van der Waals surface area contributed by atoms with E-state index in [2.05, 4.69) is 21.8 Å². The standard InChI is InChI=1S/C33H39ClN2O6S/c1-40-29-6-3-16-42-33(14-4-15-33)31(37)35-43(38,39)25-9-12-30-28(18-25)36(19-23-7-10-26(23)29)20-32(21-41-30)13-2-5-22-17-24(34)8-11-27(22)32/h3,6,8-9,11-12,17-18,23,26,29H,2,4-5,7,10,13-16,19-21H2,1H3,(H,35,37)/b6-3+/t23-,26+,29+,32-/m0/s1. The lowest BCUT2D eigenvalue weighted by atomic mass is 9.68. The van der Waals surface area contributed by atoms with Gasteiger partial charge < -0.3 is 19.1 Å². The highest BCUT2D eigenvalue weighted by molar-refractivity contribution is 7.90. The fraction of sp³-hybridized carbons (Fsp3) is 0.545. The zero-order valence-electron chi connectivity index (χ0n) is 24.5. The van der Waals surface area contributed by atoms with Crippen molar-refractivity contribution in [1.29, 1.82) is 0 Å². The number of nitrogens with one attached hydrogen (secondary N) is 1. The molecule has 2 fully saturated rings. The van der Waals surface area contributed by atoms with Crippen LogP contribution in [0.25, 0.3) is 0 Å². The summed E-state index contributed by atoms with van der Waals surface area (Å²) in [5, 5.41) is 0.737. The Hall–Kier alpha value is -2.59. The van der Waals surface area contributed by atoms with Crippen LogP contribution in [0.5, 0.6) is 5.75 Å². The number of rotatable bonds is 1. The van der Waals surface area contributed by atoms with E-state index in [4.69, 9.17) is 25.8 Å². The van der Waals surface area contributed by atoms with Crippen LogP contribution >= 0.6 is 11.6 Å². The van der Waals surface area contributed by atoms with Crippen molar-refractivity contribution >= 4 is 33.2 Å². The Morgan fingerprint density at radius 1 is 1.09 bits per heavy atom. The van der Waals surface area contributed by atoms with Crippen molar-refractivity contribution in [3.05, 3.63) is 64.7 Å². The lowest BCUT2D eigenvalue weighted by Crippen LogP contribution is -2.55. The van der Waals surface area contributed by atoms with Crippen molar-refractivity contribution in [2.75, 3.05) is 38.3 Å². The second-order valence-electron chi connectivity index (χ2n) is 13.0. The number of nitrogens with zero attached hydrogens (tertiary/aromatic N) is 1. The summed E-state index contributed by atoms with van der Waals surface area (Å²) in [6.07, 6.45) is 10.8. The molecule has 230 valence electrons. The number of amides is 1. The molecule has 2 bridgehead atoms.